The molecule has 0 fully saturated rings. The lowest BCUT2D eigenvalue weighted by Crippen LogP contribution is -2.30. The van der Waals surface area contributed by atoms with Crippen LogP contribution < -0.4 is 10.1 Å². The Morgan fingerprint density at radius 2 is 2.19 bits per heavy atom. The van der Waals surface area contributed by atoms with E-state index in [-0.39, 0.29) is 5.82 Å². The van der Waals surface area contributed by atoms with Gasteiger partial charge < -0.3 is 15.0 Å². The molecular weight excluding hydrogens is 207 g/mol. The lowest BCUT2D eigenvalue weighted by atomic mass is 10.3. The maximum Gasteiger partial charge on any atom is 0.126 e. The summed E-state index contributed by atoms with van der Waals surface area (Å²) in [4.78, 5) is 2.16. The van der Waals surface area contributed by atoms with Crippen molar-refractivity contribution < 1.29 is 9.13 Å². The van der Waals surface area contributed by atoms with E-state index in [1.165, 1.54) is 12.1 Å². The van der Waals surface area contributed by atoms with Gasteiger partial charge in [-0.15, -0.1) is 0 Å². The van der Waals surface area contributed by atoms with Crippen LogP contribution in [0.15, 0.2) is 24.3 Å². The van der Waals surface area contributed by atoms with Crippen LogP contribution in [0.1, 0.15) is 0 Å². The van der Waals surface area contributed by atoms with E-state index >= 15 is 0 Å². The minimum atomic E-state index is -0.263. The summed E-state index contributed by atoms with van der Waals surface area (Å²) in [5.41, 5.74) is 0. The Labute approximate surface area is 96.2 Å². The number of likely N-dealkylation sites (N-methyl/N-ethyl adjacent to an activating group) is 2. The van der Waals surface area contributed by atoms with Crippen molar-refractivity contribution in [3.63, 3.8) is 0 Å². The van der Waals surface area contributed by atoms with Crippen LogP contribution in [0, 0.1) is 5.82 Å². The van der Waals surface area contributed by atoms with Gasteiger partial charge in [-0.05, 0) is 26.2 Å². The molecule has 0 bridgehead atoms. The van der Waals surface area contributed by atoms with E-state index in [0.717, 1.165) is 19.6 Å². The van der Waals surface area contributed by atoms with Gasteiger partial charge in [0, 0.05) is 25.7 Å². The fourth-order valence-electron chi connectivity index (χ4n) is 1.29. The molecule has 0 aromatic heterocycles. The molecule has 0 aliphatic rings. The Balaban J connectivity index is 2.20. The third kappa shape index (κ3) is 5.09. The molecule has 1 rings (SSSR count). The number of halogens is 1. The van der Waals surface area contributed by atoms with E-state index in [1.807, 2.05) is 14.1 Å². The van der Waals surface area contributed by atoms with Gasteiger partial charge in [0.1, 0.15) is 18.2 Å². The first-order chi connectivity index (χ1) is 7.72. The highest BCUT2D eigenvalue weighted by Gasteiger charge is 1.99. The molecule has 1 N–H and O–H groups in total. The SMILES string of the molecule is CNCCN(C)CCOc1cccc(F)c1. The monoisotopic (exact) mass is 226 g/mol. The van der Waals surface area contributed by atoms with Crippen molar-refractivity contribution in [2.75, 3.05) is 40.3 Å². The van der Waals surface area contributed by atoms with E-state index in [9.17, 15) is 4.39 Å². The van der Waals surface area contributed by atoms with E-state index in [0.29, 0.717) is 12.4 Å². The third-order valence-corrected chi connectivity index (χ3v) is 2.28. The molecule has 0 heterocycles. The zero-order valence-electron chi connectivity index (χ0n) is 9.87. The van der Waals surface area contributed by atoms with Crippen molar-refractivity contribution in [1.29, 1.82) is 0 Å². The van der Waals surface area contributed by atoms with Gasteiger partial charge in [0.05, 0.1) is 0 Å². The Morgan fingerprint density at radius 3 is 2.88 bits per heavy atom. The third-order valence-electron chi connectivity index (χ3n) is 2.28. The van der Waals surface area contributed by atoms with Gasteiger partial charge in [0.2, 0.25) is 0 Å². The smallest absolute Gasteiger partial charge is 0.126 e. The second-order valence-electron chi connectivity index (χ2n) is 3.71. The second kappa shape index (κ2) is 7.19. The van der Waals surface area contributed by atoms with Crippen molar-refractivity contribution in [3.8, 4) is 5.75 Å². The molecule has 0 unspecified atom stereocenters. The van der Waals surface area contributed by atoms with Crippen LogP contribution in [0.25, 0.3) is 0 Å². The number of hydrogen-bond acceptors (Lipinski definition) is 3. The first-order valence-corrected chi connectivity index (χ1v) is 5.44. The van der Waals surface area contributed by atoms with Gasteiger partial charge >= 0.3 is 0 Å². The number of nitrogens with zero attached hydrogens (tertiary/aromatic N) is 1. The summed E-state index contributed by atoms with van der Waals surface area (Å²) in [7, 11) is 3.96. The average Bonchev–Trinajstić information content (AvgIpc) is 2.26. The Morgan fingerprint density at radius 1 is 1.38 bits per heavy atom. The second-order valence-corrected chi connectivity index (χ2v) is 3.71. The van der Waals surface area contributed by atoms with Crippen LogP contribution >= 0.6 is 0 Å². The molecule has 0 saturated carbocycles. The summed E-state index contributed by atoms with van der Waals surface area (Å²) < 4.78 is 18.3. The lowest BCUT2D eigenvalue weighted by Gasteiger charge is -2.16. The van der Waals surface area contributed by atoms with Crippen molar-refractivity contribution in [1.82, 2.24) is 10.2 Å². The number of benzene rings is 1. The summed E-state index contributed by atoms with van der Waals surface area (Å²) in [5.74, 6) is 0.322. The zero-order valence-corrected chi connectivity index (χ0v) is 9.87. The normalized spacial score (nSPS) is 10.8. The van der Waals surface area contributed by atoms with Gasteiger partial charge in [-0.2, -0.15) is 0 Å². The maximum absolute atomic E-state index is 12.8. The first kappa shape index (κ1) is 12.9. The van der Waals surface area contributed by atoms with Crippen LogP contribution in [0.2, 0.25) is 0 Å². The fraction of sp³-hybridized carbons (Fsp3) is 0.500. The lowest BCUT2D eigenvalue weighted by molar-refractivity contribution is 0.238. The molecule has 0 aliphatic carbocycles. The molecule has 1 aromatic rings. The predicted molar refractivity (Wildman–Crippen MR) is 63.3 cm³/mol. The van der Waals surface area contributed by atoms with Gasteiger partial charge in [-0.3, -0.25) is 0 Å². The highest BCUT2D eigenvalue weighted by atomic mass is 19.1. The molecule has 1 aromatic carbocycles. The highest BCUT2D eigenvalue weighted by molar-refractivity contribution is 5.22. The van der Waals surface area contributed by atoms with E-state index in [4.69, 9.17) is 4.74 Å². The van der Waals surface area contributed by atoms with Crippen molar-refractivity contribution in [2.45, 2.75) is 0 Å². The molecule has 0 spiro atoms. The largest absolute Gasteiger partial charge is 0.492 e. The molecular formula is C12H19FN2O. The van der Waals surface area contributed by atoms with Gasteiger partial charge in [0.25, 0.3) is 0 Å². The quantitative estimate of drug-likeness (QED) is 0.759. The van der Waals surface area contributed by atoms with E-state index in [1.54, 1.807) is 12.1 Å². The zero-order chi connectivity index (χ0) is 11.8. The Bertz CT molecular complexity index is 307. The van der Waals surface area contributed by atoms with Crippen LogP contribution in [0.3, 0.4) is 0 Å². The number of hydrogen-bond donors (Lipinski definition) is 1. The molecule has 0 aliphatic heterocycles. The summed E-state index contributed by atoms with van der Waals surface area (Å²) in [6, 6.07) is 6.21. The molecule has 4 heteroatoms. The van der Waals surface area contributed by atoms with Crippen molar-refractivity contribution in [2.24, 2.45) is 0 Å². The molecule has 90 valence electrons. The average molecular weight is 226 g/mol. The van der Waals surface area contributed by atoms with Crippen LogP contribution in [-0.2, 0) is 0 Å². The number of ether oxygens (including phenoxy) is 1. The van der Waals surface area contributed by atoms with Gasteiger partial charge in [0.15, 0.2) is 0 Å². The molecule has 0 saturated heterocycles. The molecule has 16 heavy (non-hydrogen) atoms. The van der Waals surface area contributed by atoms with Crippen LogP contribution in [0.4, 0.5) is 4.39 Å². The Kier molecular flexibility index (Phi) is 5.82. The van der Waals surface area contributed by atoms with E-state index < -0.39 is 0 Å². The minimum absolute atomic E-state index is 0.263. The summed E-state index contributed by atoms with van der Waals surface area (Å²) in [6.45, 7) is 3.33. The Hall–Kier alpha value is -1.13. The van der Waals surface area contributed by atoms with Crippen LogP contribution in [-0.4, -0.2) is 45.2 Å². The summed E-state index contributed by atoms with van der Waals surface area (Å²) in [6.07, 6.45) is 0. The summed E-state index contributed by atoms with van der Waals surface area (Å²) >= 11 is 0. The fourth-order valence-corrected chi connectivity index (χ4v) is 1.29. The molecule has 0 amide bonds. The summed E-state index contributed by atoms with van der Waals surface area (Å²) in [5, 5.41) is 3.08. The number of nitrogens with one attached hydrogen (secondary N) is 1. The maximum atomic E-state index is 12.8. The van der Waals surface area contributed by atoms with Gasteiger partial charge in [-0.1, -0.05) is 6.07 Å². The molecule has 0 radical (unpaired) electrons. The predicted octanol–water partition coefficient (Wildman–Crippen LogP) is 1.36. The number of rotatable bonds is 7. The standard InChI is InChI=1S/C12H19FN2O/c1-14-6-7-15(2)8-9-16-12-5-3-4-11(13)10-12/h3-5,10,14H,6-9H2,1-2H3. The van der Waals surface area contributed by atoms with Crippen molar-refractivity contribution in [3.05, 3.63) is 30.1 Å². The van der Waals surface area contributed by atoms with Gasteiger partial charge in [-0.25, -0.2) is 4.39 Å². The molecule has 3 nitrogen and oxygen atoms in total. The topological polar surface area (TPSA) is 24.5 Å². The van der Waals surface area contributed by atoms with Crippen molar-refractivity contribution >= 4 is 0 Å². The molecule has 0 atom stereocenters. The highest BCUT2D eigenvalue weighted by Crippen LogP contribution is 2.11. The minimum Gasteiger partial charge on any atom is -0.492 e. The van der Waals surface area contributed by atoms with E-state index in [2.05, 4.69) is 10.2 Å². The van der Waals surface area contributed by atoms with Crippen LogP contribution in [0.5, 0.6) is 5.75 Å². The first-order valence-electron chi connectivity index (χ1n) is 5.44.